The van der Waals surface area contributed by atoms with Crippen molar-refractivity contribution in [3.8, 4) is 5.75 Å². The van der Waals surface area contributed by atoms with Gasteiger partial charge in [-0.2, -0.15) is 0 Å². The first-order valence-corrected chi connectivity index (χ1v) is 4.83. The van der Waals surface area contributed by atoms with Crippen molar-refractivity contribution in [3.63, 3.8) is 0 Å². The predicted molar refractivity (Wildman–Crippen MR) is 59.6 cm³/mol. The fourth-order valence-corrected chi connectivity index (χ4v) is 1.63. The molecule has 2 aromatic rings. The summed E-state index contributed by atoms with van der Waals surface area (Å²) in [4.78, 5) is 14.7. The largest absolute Gasteiger partial charge is 0.497 e. The van der Waals surface area contributed by atoms with E-state index < -0.39 is 5.97 Å². The number of aromatic nitrogens is 1. The number of ether oxygens (including phenoxy) is 1. The normalized spacial score (nSPS) is 10.3. The van der Waals surface area contributed by atoms with Gasteiger partial charge in [-0.05, 0) is 29.1 Å². The summed E-state index contributed by atoms with van der Waals surface area (Å²) in [7, 11) is 1.58. The molecule has 0 amide bonds. The maximum absolute atomic E-state index is 10.7. The van der Waals surface area contributed by atoms with Crippen molar-refractivity contribution in [1.82, 2.24) is 4.98 Å². The molecule has 0 unspecified atom stereocenters. The zero-order chi connectivity index (χ0) is 11.5. The number of carbonyl (C=O) groups is 1. The smallest absolute Gasteiger partial charge is 0.307 e. The first-order chi connectivity index (χ1) is 7.70. The maximum atomic E-state index is 10.7. The first-order valence-electron chi connectivity index (χ1n) is 4.83. The van der Waals surface area contributed by atoms with Gasteiger partial charge in [0.05, 0.1) is 13.5 Å². The van der Waals surface area contributed by atoms with Crippen molar-refractivity contribution < 1.29 is 14.6 Å². The van der Waals surface area contributed by atoms with E-state index in [0.717, 1.165) is 10.8 Å². The monoisotopic (exact) mass is 217 g/mol. The molecule has 0 bridgehead atoms. The topological polar surface area (TPSA) is 59.4 Å². The lowest BCUT2D eigenvalue weighted by Crippen LogP contribution is -2.01. The van der Waals surface area contributed by atoms with Gasteiger partial charge in [0.25, 0.3) is 0 Å². The second-order valence-electron chi connectivity index (χ2n) is 3.46. The summed E-state index contributed by atoms with van der Waals surface area (Å²) in [6, 6.07) is 5.52. The molecular weight excluding hydrogens is 206 g/mol. The van der Waals surface area contributed by atoms with E-state index in [2.05, 4.69) is 4.98 Å². The zero-order valence-electron chi connectivity index (χ0n) is 8.80. The van der Waals surface area contributed by atoms with Gasteiger partial charge in [0.2, 0.25) is 0 Å². The Labute approximate surface area is 92.5 Å². The van der Waals surface area contributed by atoms with Crippen LogP contribution in [0.2, 0.25) is 0 Å². The van der Waals surface area contributed by atoms with Crippen LogP contribution in [0.1, 0.15) is 5.56 Å². The molecule has 0 aliphatic carbocycles. The van der Waals surface area contributed by atoms with Crippen LogP contribution in [0.15, 0.2) is 30.6 Å². The van der Waals surface area contributed by atoms with Crippen LogP contribution < -0.4 is 4.74 Å². The predicted octanol–water partition coefficient (Wildman–Crippen LogP) is 1.87. The van der Waals surface area contributed by atoms with Gasteiger partial charge < -0.3 is 9.84 Å². The summed E-state index contributed by atoms with van der Waals surface area (Å²) in [5.41, 5.74) is 0.698. The summed E-state index contributed by atoms with van der Waals surface area (Å²) in [5.74, 6) is -0.151. The third-order valence-electron chi connectivity index (χ3n) is 2.39. The van der Waals surface area contributed by atoms with Crippen LogP contribution in [-0.2, 0) is 11.2 Å². The Balaban J connectivity index is 2.59. The van der Waals surface area contributed by atoms with Crippen molar-refractivity contribution >= 4 is 16.7 Å². The Hall–Kier alpha value is -2.10. The number of carboxylic acids is 1. The molecule has 4 nitrogen and oxygen atoms in total. The number of aliphatic carboxylic acids is 1. The van der Waals surface area contributed by atoms with E-state index in [4.69, 9.17) is 9.84 Å². The zero-order valence-corrected chi connectivity index (χ0v) is 8.80. The Morgan fingerprint density at radius 1 is 1.44 bits per heavy atom. The second kappa shape index (κ2) is 4.18. The van der Waals surface area contributed by atoms with Gasteiger partial charge in [0.1, 0.15) is 5.75 Å². The Morgan fingerprint density at radius 3 is 2.94 bits per heavy atom. The fourth-order valence-electron chi connectivity index (χ4n) is 1.63. The van der Waals surface area contributed by atoms with Crippen LogP contribution >= 0.6 is 0 Å². The van der Waals surface area contributed by atoms with E-state index in [9.17, 15) is 4.79 Å². The number of carboxylic acid groups (broad SMARTS) is 1. The molecule has 2 rings (SSSR count). The Morgan fingerprint density at radius 2 is 2.25 bits per heavy atom. The number of hydrogen-bond acceptors (Lipinski definition) is 3. The molecule has 1 N–H and O–H groups in total. The number of pyridine rings is 1. The third-order valence-corrected chi connectivity index (χ3v) is 2.39. The summed E-state index contributed by atoms with van der Waals surface area (Å²) in [6.45, 7) is 0. The highest BCUT2D eigenvalue weighted by Gasteiger charge is 2.06. The van der Waals surface area contributed by atoms with E-state index in [1.165, 1.54) is 0 Å². The molecule has 82 valence electrons. The molecule has 0 spiro atoms. The third kappa shape index (κ3) is 1.95. The van der Waals surface area contributed by atoms with Crippen LogP contribution in [0.5, 0.6) is 5.75 Å². The molecule has 0 saturated heterocycles. The van der Waals surface area contributed by atoms with E-state index in [-0.39, 0.29) is 6.42 Å². The lowest BCUT2D eigenvalue weighted by Gasteiger charge is -2.05. The molecule has 0 aliphatic rings. The van der Waals surface area contributed by atoms with Crippen molar-refractivity contribution in [1.29, 1.82) is 0 Å². The van der Waals surface area contributed by atoms with Crippen molar-refractivity contribution in [3.05, 3.63) is 36.2 Å². The fraction of sp³-hybridized carbons (Fsp3) is 0.167. The minimum Gasteiger partial charge on any atom is -0.497 e. The first kappa shape index (κ1) is 10.4. The lowest BCUT2D eigenvalue weighted by molar-refractivity contribution is -0.136. The average molecular weight is 217 g/mol. The van der Waals surface area contributed by atoms with E-state index in [0.29, 0.717) is 11.3 Å². The van der Waals surface area contributed by atoms with Crippen LogP contribution in [0.3, 0.4) is 0 Å². The number of hydrogen-bond donors (Lipinski definition) is 1. The van der Waals surface area contributed by atoms with Gasteiger partial charge in [-0.15, -0.1) is 0 Å². The summed E-state index contributed by atoms with van der Waals surface area (Å²) in [5, 5.41) is 10.6. The van der Waals surface area contributed by atoms with Crippen molar-refractivity contribution in [2.75, 3.05) is 7.11 Å². The van der Waals surface area contributed by atoms with Crippen LogP contribution in [0.4, 0.5) is 0 Å². The second-order valence-corrected chi connectivity index (χ2v) is 3.46. The molecule has 0 atom stereocenters. The molecule has 0 fully saturated rings. The molecule has 0 saturated carbocycles. The molecular formula is C12H11NO3. The highest BCUT2D eigenvalue weighted by atomic mass is 16.5. The number of rotatable bonds is 3. The molecule has 4 heteroatoms. The number of nitrogens with zero attached hydrogens (tertiary/aromatic N) is 1. The maximum Gasteiger partial charge on any atom is 0.307 e. The SMILES string of the molecule is COc1ccc2cncc(CC(=O)O)c2c1. The summed E-state index contributed by atoms with van der Waals surface area (Å²) in [6.07, 6.45) is 3.26. The number of benzene rings is 1. The summed E-state index contributed by atoms with van der Waals surface area (Å²) >= 11 is 0. The molecule has 16 heavy (non-hydrogen) atoms. The van der Waals surface area contributed by atoms with Crippen molar-refractivity contribution in [2.45, 2.75) is 6.42 Å². The standard InChI is InChI=1S/C12H11NO3/c1-16-10-3-2-8-6-13-7-9(4-12(14)15)11(8)5-10/h2-3,5-7H,4H2,1H3,(H,14,15). The van der Waals surface area contributed by atoms with E-state index in [1.807, 2.05) is 18.2 Å². The summed E-state index contributed by atoms with van der Waals surface area (Å²) < 4.78 is 5.11. The molecule has 0 aliphatic heterocycles. The molecule has 1 aromatic carbocycles. The highest BCUT2D eigenvalue weighted by Crippen LogP contribution is 2.23. The van der Waals surface area contributed by atoms with Crippen molar-refractivity contribution in [2.24, 2.45) is 0 Å². The van der Waals surface area contributed by atoms with Gasteiger partial charge in [-0.3, -0.25) is 9.78 Å². The van der Waals surface area contributed by atoms with Crippen LogP contribution in [-0.4, -0.2) is 23.2 Å². The number of methoxy groups -OCH3 is 1. The van der Waals surface area contributed by atoms with E-state index >= 15 is 0 Å². The lowest BCUT2D eigenvalue weighted by atomic mass is 10.1. The minimum absolute atomic E-state index is 0.0303. The van der Waals surface area contributed by atoms with Gasteiger partial charge >= 0.3 is 5.97 Å². The minimum atomic E-state index is -0.864. The average Bonchev–Trinajstić information content (AvgIpc) is 2.28. The number of fused-ring (bicyclic) bond motifs is 1. The van der Waals surface area contributed by atoms with Gasteiger partial charge in [-0.1, -0.05) is 0 Å². The van der Waals surface area contributed by atoms with Gasteiger partial charge in [0.15, 0.2) is 0 Å². The molecule has 1 heterocycles. The van der Waals surface area contributed by atoms with Crippen LogP contribution in [0, 0.1) is 0 Å². The highest BCUT2D eigenvalue weighted by molar-refractivity contribution is 5.88. The molecule has 1 aromatic heterocycles. The Bertz CT molecular complexity index is 537. The van der Waals surface area contributed by atoms with E-state index in [1.54, 1.807) is 19.5 Å². The van der Waals surface area contributed by atoms with Crippen LogP contribution in [0.25, 0.3) is 10.8 Å². The van der Waals surface area contributed by atoms with Gasteiger partial charge in [0, 0.05) is 17.8 Å². The molecule has 0 radical (unpaired) electrons. The quantitative estimate of drug-likeness (QED) is 0.852. The Kier molecular flexibility index (Phi) is 2.72. The van der Waals surface area contributed by atoms with Gasteiger partial charge in [-0.25, -0.2) is 0 Å².